The largest absolute Gasteiger partial charge is 0.484 e. The molecule has 1 atom stereocenters. The lowest BCUT2D eigenvalue weighted by molar-refractivity contribution is 0.106. The first-order valence-electron chi connectivity index (χ1n) is 6.21. The number of carbonyl (C=O) groups is 1. The van der Waals surface area contributed by atoms with E-state index in [1.54, 1.807) is 42.7 Å². The third kappa shape index (κ3) is 2.14. The zero-order chi connectivity index (χ0) is 13.9. The van der Waals surface area contributed by atoms with Crippen LogP contribution in [0.2, 0.25) is 0 Å². The molecule has 5 heteroatoms. The molecule has 100 valence electrons. The number of ketones is 1. The molecule has 1 aromatic carbocycles. The number of hydrogen-bond donors (Lipinski definition) is 1. The number of hydrogen-bond acceptors (Lipinski definition) is 5. The van der Waals surface area contributed by atoms with E-state index in [1.165, 1.54) is 0 Å². The van der Waals surface area contributed by atoms with Crippen molar-refractivity contribution in [3.63, 3.8) is 0 Å². The molecule has 1 aromatic heterocycles. The summed E-state index contributed by atoms with van der Waals surface area (Å²) < 4.78 is 5.89. The number of nitrogens with zero attached hydrogens (tertiary/aromatic N) is 2. The Morgan fingerprint density at radius 1 is 1.25 bits per heavy atom. The van der Waals surface area contributed by atoms with Crippen molar-refractivity contribution >= 4 is 11.5 Å². The Morgan fingerprint density at radius 2 is 2.10 bits per heavy atom. The molecule has 0 radical (unpaired) electrons. The van der Waals surface area contributed by atoms with Gasteiger partial charge >= 0.3 is 0 Å². The van der Waals surface area contributed by atoms with Crippen LogP contribution in [0, 0.1) is 0 Å². The van der Waals surface area contributed by atoms with Crippen molar-refractivity contribution in [3.05, 3.63) is 59.9 Å². The second kappa shape index (κ2) is 5.13. The average Bonchev–Trinajstić information content (AvgIpc) is 2.65. The Hall–Kier alpha value is -2.69. The number of ether oxygens (including phenoxy) is 1. The standard InChI is InChI=1S/C15H12N2O3/c18-15-11-5-1-2-6-13(11)20-14(8-12(15)17-19)10-4-3-7-16-9-10/h1-7,9,14,19H,8H2/b17-12+. The number of carbonyl (C=O) groups excluding carboxylic acids is 1. The van der Waals surface area contributed by atoms with E-state index in [-0.39, 0.29) is 17.9 Å². The third-order valence-electron chi connectivity index (χ3n) is 3.22. The SMILES string of the molecule is O=C1/C(=N/O)CC(c2cccnc2)Oc2ccccc21. The van der Waals surface area contributed by atoms with Gasteiger partial charge in [-0.1, -0.05) is 23.4 Å². The van der Waals surface area contributed by atoms with Crippen molar-refractivity contribution in [2.75, 3.05) is 0 Å². The second-order valence-corrected chi connectivity index (χ2v) is 4.47. The van der Waals surface area contributed by atoms with Crippen LogP contribution in [-0.2, 0) is 0 Å². The van der Waals surface area contributed by atoms with E-state index in [0.717, 1.165) is 5.56 Å². The zero-order valence-electron chi connectivity index (χ0n) is 10.6. The van der Waals surface area contributed by atoms with Gasteiger partial charge in [0.05, 0.1) is 5.56 Å². The molecule has 0 bridgehead atoms. The molecule has 0 saturated carbocycles. The molecule has 2 aromatic rings. The molecule has 1 aliphatic rings. The van der Waals surface area contributed by atoms with Crippen LogP contribution < -0.4 is 4.74 Å². The van der Waals surface area contributed by atoms with Gasteiger partial charge in [0.15, 0.2) is 0 Å². The van der Waals surface area contributed by atoms with Crippen LogP contribution in [0.5, 0.6) is 5.75 Å². The van der Waals surface area contributed by atoms with Gasteiger partial charge in [0.2, 0.25) is 5.78 Å². The normalized spacial score (nSPS) is 20.1. The van der Waals surface area contributed by atoms with Crippen LogP contribution in [0.1, 0.15) is 28.4 Å². The summed E-state index contributed by atoms with van der Waals surface area (Å²) in [5, 5.41) is 12.2. The number of fused-ring (bicyclic) bond motifs is 1. The summed E-state index contributed by atoms with van der Waals surface area (Å²) in [5.74, 6) is 0.180. The monoisotopic (exact) mass is 268 g/mol. The van der Waals surface area contributed by atoms with E-state index in [4.69, 9.17) is 9.94 Å². The first-order valence-corrected chi connectivity index (χ1v) is 6.21. The first kappa shape index (κ1) is 12.3. The predicted octanol–water partition coefficient (Wildman–Crippen LogP) is 2.62. The van der Waals surface area contributed by atoms with Gasteiger partial charge in [-0.25, -0.2) is 0 Å². The molecule has 0 amide bonds. The minimum Gasteiger partial charge on any atom is -0.484 e. The van der Waals surface area contributed by atoms with Gasteiger partial charge < -0.3 is 9.94 Å². The Morgan fingerprint density at radius 3 is 2.85 bits per heavy atom. The molecule has 1 aliphatic heterocycles. The highest BCUT2D eigenvalue weighted by atomic mass is 16.5. The summed E-state index contributed by atoms with van der Waals surface area (Å²) in [7, 11) is 0. The van der Waals surface area contributed by atoms with Gasteiger partial charge in [-0.05, 0) is 18.2 Å². The molecular formula is C15H12N2O3. The van der Waals surface area contributed by atoms with Crippen molar-refractivity contribution in [3.8, 4) is 5.75 Å². The fourth-order valence-corrected chi connectivity index (χ4v) is 2.21. The highest BCUT2D eigenvalue weighted by molar-refractivity contribution is 6.46. The summed E-state index contributed by atoms with van der Waals surface area (Å²) in [4.78, 5) is 16.3. The fourth-order valence-electron chi connectivity index (χ4n) is 2.21. The number of pyridine rings is 1. The maximum absolute atomic E-state index is 12.3. The topological polar surface area (TPSA) is 71.8 Å². The third-order valence-corrected chi connectivity index (χ3v) is 3.22. The van der Waals surface area contributed by atoms with E-state index >= 15 is 0 Å². The summed E-state index contributed by atoms with van der Waals surface area (Å²) >= 11 is 0. The number of oxime groups is 1. The zero-order valence-corrected chi connectivity index (χ0v) is 10.6. The highest BCUT2D eigenvalue weighted by Crippen LogP contribution is 2.32. The van der Waals surface area contributed by atoms with Crippen molar-refractivity contribution < 1.29 is 14.7 Å². The van der Waals surface area contributed by atoms with Crippen LogP contribution in [-0.4, -0.2) is 21.7 Å². The lowest BCUT2D eigenvalue weighted by Crippen LogP contribution is -2.16. The van der Waals surface area contributed by atoms with Crippen LogP contribution in [0.3, 0.4) is 0 Å². The number of benzene rings is 1. The van der Waals surface area contributed by atoms with Crippen molar-refractivity contribution in [2.45, 2.75) is 12.5 Å². The van der Waals surface area contributed by atoms with E-state index in [2.05, 4.69) is 10.1 Å². The lowest BCUT2D eigenvalue weighted by Gasteiger charge is -2.16. The first-order chi connectivity index (χ1) is 9.79. The van der Waals surface area contributed by atoms with Gasteiger partial charge in [0.25, 0.3) is 0 Å². The molecule has 2 heterocycles. The second-order valence-electron chi connectivity index (χ2n) is 4.47. The van der Waals surface area contributed by atoms with Crippen LogP contribution >= 0.6 is 0 Å². The molecule has 1 N–H and O–H groups in total. The summed E-state index contributed by atoms with van der Waals surface area (Å²) in [5.41, 5.74) is 1.33. The van der Waals surface area contributed by atoms with E-state index in [1.807, 2.05) is 6.07 Å². The number of Topliss-reactive ketones (excluding diaryl/α,β-unsaturated/α-hetero) is 1. The minimum absolute atomic E-state index is 0.0869. The molecule has 0 aliphatic carbocycles. The predicted molar refractivity (Wildman–Crippen MR) is 72.2 cm³/mol. The molecule has 0 fully saturated rings. The lowest BCUT2D eigenvalue weighted by atomic mass is 10.0. The summed E-state index contributed by atoms with van der Waals surface area (Å²) in [6, 6.07) is 10.6. The van der Waals surface area contributed by atoms with Crippen molar-refractivity contribution in [2.24, 2.45) is 5.16 Å². The Kier molecular flexibility index (Phi) is 3.16. The molecule has 0 saturated heterocycles. The van der Waals surface area contributed by atoms with E-state index in [9.17, 15) is 4.79 Å². The molecule has 0 spiro atoms. The Labute approximate surface area is 115 Å². The van der Waals surface area contributed by atoms with Crippen LogP contribution in [0.25, 0.3) is 0 Å². The van der Waals surface area contributed by atoms with Gasteiger partial charge in [0.1, 0.15) is 17.6 Å². The van der Waals surface area contributed by atoms with E-state index in [0.29, 0.717) is 11.3 Å². The quantitative estimate of drug-likeness (QED) is 0.637. The Bertz CT molecular complexity index is 668. The molecule has 20 heavy (non-hydrogen) atoms. The van der Waals surface area contributed by atoms with Gasteiger partial charge in [-0.15, -0.1) is 0 Å². The molecule has 1 unspecified atom stereocenters. The van der Waals surface area contributed by atoms with E-state index < -0.39 is 6.10 Å². The number of aromatic nitrogens is 1. The van der Waals surface area contributed by atoms with Gasteiger partial charge in [-0.2, -0.15) is 0 Å². The fraction of sp³-hybridized carbons (Fsp3) is 0.133. The number of para-hydroxylation sites is 1. The maximum Gasteiger partial charge on any atom is 0.214 e. The summed E-state index contributed by atoms with van der Waals surface area (Å²) in [6.07, 6.45) is 3.15. The smallest absolute Gasteiger partial charge is 0.214 e. The number of rotatable bonds is 1. The molecule has 5 nitrogen and oxygen atoms in total. The summed E-state index contributed by atoms with van der Waals surface area (Å²) in [6.45, 7) is 0. The minimum atomic E-state index is -0.401. The van der Waals surface area contributed by atoms with Crippen molar-refractivity contribution in [1.82, 2.24) is 4.98 Å². The average molecular weight is 268 g/mol. The van der Waals surface area contributed by atoms with Gasteiger partial charge in [-0.3, -0.25) is 9.78 Å². The Balaban J connectivity index is 2.07. The molecular weight excluding hydrogens is 256 g/mol. The maximum atomic E-state index is 12.3. The van der Waals surface area contributed by atoms with Crippen LogP contribution in [0.4, 0.5) is 0 Å². The van der Waals surface area contributed by atoms with Crippen LogP contribution in [0.15, 0.2) is 53.9 Å². The van der Waals surface area contributed by atoms with Gasteiger partial charge in [0, 0.05) is 24.4 Å². The molecule has 3 rings (SSSR count). The van der Waals surface area contributed by atoms with Crippen molar-refractivity contribution in [1.29, 1.82) is 0 Å². The highest BCUT2D eigenvalue weighted by Gasteiger charge is 2.29.